The maximum Gasteiger partial charge on any atom is 0.253 e. The van der Waals surface area contributed by atoms with Gasteiger partial charge in [-0.1, -0.05) is 0 Å². The van der Waals surface area contributed by atoms with Gasteiger partial charge in [-0.05, 0) is 52.8 Å². The summed E-state index contributed by atoms with van der Waals surface area (Å²) in [5.41, 5.74) is 3.73. The Morgan fingerprint density at radius 2 is 1.86 bits per heavy atom. The molecule has 0 atom stereocenters. The van der Waals surface area contributed by atoms with E-state index in [4.69, 9.17) is 9.57 Å². The molecule has 3 rings (SSSR count). The SMILES string of the molecule is CCn1c(=O)cc(N2CCOCC2)c2cc(NOC(C)(C)C(C)(C)O)ccc21. The number of nitrogens with one attached hydrogen (secondary N) is 1. The second-order valence-electron chi connectivity index (χ2n) is 8.22. The second kappa shape index (κ2) is 7.73. The van der Waals surface area contributed by atoms with Crippen LogP contribution < -0.4 is 15.9 Å². The molecule has 1 aromatic carbocycles. The van der Waals surface area contributed by atoms with Crippen LogP contribution in [-0.4, -0.2) is 47.2 Å². The zero-order valence-electron chi connectivity index (χ0n) is 17.4. The summed E-state index contributed by atoms with van der Waals surface area (Å²) < 4.78 is 7.23. The number of hydrogen-bond donors (Lipinski definition) is 2. The van der Waals surface area contributed by atoms with Gasteiger partial charge in [0.1, 0.15) is 5.60 Å². The molecule has 0 aliphatic carbocycles. The highest BCUT2D eigenvalue weighted by Crippen LogP contribution is 2.30. The molecule has 0 radical (unpaired) electrons. The molecule has 1 fully saturated rings. The number of ether oxygens (including phenoxy) is 1. The van der Waals surface area contributed by atoms with Gasteiger partial charge in [0, 0.05) is 31.1 Å². The number of anilines is 2. The standard InChI is InChI=1S/C21H31N3O4/c1-6-24-17-8-7-15(22-28-21(4,5)20(2,3)26)13-16(17)18(14-19(24)25)23-9-11-27-12-10-23/h7-8,13-14,22,26H,6,9-12H2,1-5H3. The fourth-order valence-corrected chi connectivity index (χ4v) is 3.13. The lowest BCUT2D eigenvalue weighted by atomic mass is 9.90. The minimum Gasteiger partial charge on any atom is -0.387 e. The fourth-order valence-electron chi connectivity index (χ4n) is 3.13. The van der Waals surface area contributed by atoms with Crippen molar-refractivity contribution in [2.45, 2.75) is 52.4 Å². The Labute approximate surface area is 165 Å². The van der Waals surface area contributed by atoms with Gasteiger partial charge in [-0.25, -0.2) is 0 Å². The normalized spacial score (nSPS) is 15.9. The Balaban J connectivity index is 2.01. The molecule has 7 nitrogen and oxygen atoms in total. The van der Waals surface area contributed by atoms with Gasteiger partial charge in [0.2, 0.25) is 0 Å². The molecule has 7 heteroatoms. The number of morpholine rings is 1. The maximum absolute atomic E-state index is 12.6. The number of pyridine rings is 1. The number of nitrogens with zero attached hydrogens (tertiary/aromatic N) is 2. The third kappa shape index (κ3) is 4.01. The molecule has 2 N–H and O–H groups in total. The van der Waals surface area contributed by atoms with E-state index in [0.29, 0.717) is 19.8 Å². The minimum absolute atomic E-state index is 0.00313. The minimum atomic E-state index is -1.02. The Bertz CT molecular complexity index is 893. The van der Waals surface area contributed by atoms with Crippen molar-refractivity contribution < 1.29 is 14.7 Å². The van der Waals surface area contributed by atoms with E-state index >= 15 is 0 Å². The van der Waals surface area contributed by atoms with Gasteiger partial charge in [-0.2, -0.15) is 0 Å². The van der Waals surface area contributed by atoms with Gasteiger partial charge in [0.05, 0.1) is 35.7 Å². The summed E-state index contributed by atoms with van der Waals surface area (Å²) >= 11 is 0. The van der Waals surface area contributed by atoms with Crippen LogP contribution in [0.1, 0.15) is 34.6 Å². The largest absolute Gasteiger partial charge is 0.387 e. The molecule has 0 spiro atoms. The summed E-state index contributed by atoms with van der Waals surface area (Å²) in [6.07, 6.45) is 0. The van der Waals surface area contributed by atoms with Gasteiger partial charge in [-0.3, -0.25) is 15.1 Å². The van der Waals surface area contributed by atoms with Crippen LogP contribution in [-0.2, 0) is 16.1 Å². The van der Waals surface area contributed by atoms with E-state index in [1.165, 1.54) is 0 Å². The third-order valence-corrected chi connectivity index (χ3v) is 5.65. The van der Waals surface area contributed by atoms with Crippen molar-refractivity contribution in [1.82, 2.24) is 4.57 Å². The van der Waals surface area contributed by atoms with Crippen LogP contribution >= 0.6 is 0 Å². The number of rotatable bonds is 6. The molecule has 1 aromatic heterocycles. The maximum atomic E-state index is 12.6. The Morgan fingerprint density at radius 3 is 2.46 bits per heavy atom. The first-order valence-electron chi connectivity index (χ1n) is 9.81. The van der Waals surface area contributed by atoms with E-state index in [-0.39, 0.29) is 5.56 Å². The smallest absolute Gasteiger partial charge is 0.253 e. The molecule has 0 bridgehead atoms. The lowest BCUT2D eigenvalue weighted by Crippen LogP contribution is -2.48. The topological polar surface area (TPSA) is 76.0 Å². The first-order valence-corrected chi connectivity index (χ1v) is 9.81. The summed E-state index contributed by atoms with van der Waals surface area (Å²) in [7, 11) is 0. The van der Waals surface area contributed by atoms with Crippen LogP contribution in [0.4, 0.5) is 11.4 Å². The average Bonchev–Trinajstić information content (AvgIpc) is 2.65. The Morgan fingerprint density at radius 1 is 1.18 bits per heavy atom. The van der Waals surface area contributed by atoms with Gasteiger partial charge < -0.3 is 19.3 Å². The number of aromatic nitrogens is 1. The number of benzene rings is 1. The fraction of sp³-hybridized carbons (Fsp3) is 0.571. The van der Waals surface area contributed by atoms with Crippen molar-refractivity contribution >= 4 is 22.3 Å². The van der Waals surface area contributed by atoms with Crippen LogP contribution in [0, 0.1) is 0 Å². The zero-order chi connectivity index (χ0) is 20.5. The molecule has 2 heterocycles. The molecule has 28 heavy (non-hydrogen) atoms. The average molecular weight is 389 g/mol. The Kier molecular flexibility index (Phi) is 5.70. The Hall–Kier alpha value is -2.09. The number of aliphatic hydroxyl groups is 1. The zero-order valence-corrected chi connectivity index (χ0v) is 17.4. The van der Waals surface area contributed by atoms with Crippen molar-refractivity contribution in [3.05, 3.63) is 34.6 Å². The summed E-state index contributed by atoms with van der Waals surface area (Å²) in [6.45, 7) is 12.5. The van der Waals surface area contributed by atoms with Crippen molar-refractivity contribution in [2.75, 3.05) is 36.7 Å². The number of hydrogen-bond acceptors (Lipinski definition) is 6. The monoisotopic (exact) mass is 389 g/mol. The summed E-state index contributed by atoms with van der Waals surface area (Å²) in [4.78, 5) is 20.6. The third-order valence-electron chi connectivity index (χ3n) is 5.65. The highest BCUT2D eigenvalue weighted by molar-refractivity contribution is 5.94. The van der Waals surface area contributed by atoms with Crippen molar-refractivity contribution in [3.8, 4) is 0 Å². The molecule has 154 valence electrons. The second-order valence-corrected chi connectivity index (χ2v) is 8.22. The first-order chi connectivity index (χ1) is 13.1. The molecular formula is C21H31N3O4. The molecular weight excluding hydrogens is 358 g/mol. The van der Waals surface area contributed by atoms with Crippen LogP contribution in [0.5, 0.6) is 0 Å². The molecule has 0 unspecified atom stereocenters. The van der Waals surface area contributed by atoms with Gasteiger partial charge in [0.15, 0.2) is 0 Å². The predicted octanol–water partition coefficient (Wildman–Crippen LogP) is 2.75. The van der Waals surface area contributed by atoms with Crippen molar-refractivity contribution in [3.63, 3.8) is 0 Å². The predicted molar refractivity (Wildman–Crippen MR) is 112 cm³/mol. The molecule has 2 aromatic rings. The number of fused-ring (bicyclic) bond motifs is 1. The van der Waals surface area contributed by atoms with E-state index in [9.17, 15) is 9.90 Å². The first kappa shape index (κ1) is 20.6. The lowest BCUT2D eigenvalue weighted by Gasteiger charge is -2.36. The van der Waals surface area contributed by atoms with Gasteiger partial charge >= 0.3 is 0 Å². The molecule has 1 aliphatic rings. The number of aryl methyl sites for hydroxylation is 1. The molecule has 0 amide bonds. The van der Waals surface area contributed by atoms with E-state index in [1.807, 2.05) is 39.0 Å². The molecule has 1 aliphatic heterocycles. The van der Waals surface area contributed by atoms with Crippen LogP contribution in [0.2, 0.25) is 0 Å². The van der Waals surface area contributed by atoms with E-state index in [0.717, 1.165) is 35.4 Å². The van der Waals surface area contributed by atoms with Gasteiger partial charge in [0.25, 0.3) is 5.56 Å². The van der Waals surface area contributed by atoms with E-state index in [2.05, 4.69) is 10.4 Å². The van der Waals surface area contributed by atoms with E-state index in [1.54, 1.807) is 24.5 Å². The lowest BCUT2D eigenvalue weighted by molar-refractivity contribution is -0.130. The molecule has 0 saturated carbocycles. The van der Waals surface area contributed by atoms with E-state index < -0.39 is 11.2 Å². The van der Waals surface area contributed by atoms with Crippen LogP contribution in [0.3, 0.4) is 0 Å². The highest BCUT2D eigenvalue weighted by atomic mass is 16.7. The molecule has 1 saturated heterocycles. The highest BCUT2D eigenvalue weighted by Gasteiger charge is 2.37. The quantitative estimate of drug-likeness (QED) is 0.740. The van der Waals surface area contributed by atoms with Crippen molar-refractivity contribution in [1.29, 1.82) is 0 Å². The van der Waals surface area contributed by atoms with Gasteiger partial charge in [-0.15, -0.1) is 0 Å². The van der Waals surface area contributed by atoms with Crippen LogP contribution in [0.25, 0.3) is 10.9 Å². The summed E-state index contributed by atoms with van der Waals surface area (Å²) in [6, 6.07) is 7.53. The van der Waals surface area contributed by atoms with Crippen molar-refractivity contribution in [2.24, 2.45) is 0 Å². The summed E-state index contributed by atoms with van der Waals surface area (Å²) in [5, 5.41) is 11.3. The summed E-state index contributed by atoms with van der Waals surface area (Å²) in [5.74, 6) is 0. The van der Waals surface area contributed by atoms with Crippen LogP contribution in [0.15, 0.2) is 29.1 Å².